The molecule has 22 heavy (non-hydrogen) atoms. The van der Waals surface area contributed by atoms with Crippen LogP contribution in [-0.2, 0) is 0 Å². The van der Waals surface area contributed by atoms with Crippen LogP contribution < -0.4 is 0 Å². The van der Waals surface area contributed by atoms with E-state index < -0.39 is 23.0 Å². The molecule has 5 nitrogen and oxygen atoms in total. The molecule has 4 N–H and O–H groups in total. The molecule has 0 saturated heterocycles. The molecule has 0 radical (unpaired) electrons. The quantitative estimate of drug-likeness (QED) is 0.640. The maximum Gasteiger partial charge on any atom is 0.343 e. The van der Waals surface area contributed by atoms with E-state index in [-0.39, 0.29) is 23.1 Å². The largest absolute Gasteiger partial charge is 0.507 e. The van der Waals surface area contributed by atoms with Crippen LogP contribution >= 0.6 is 0 Å². The standard InChI is InChI=1S/C17H20O5/c1-8(2)10-5-4-9(3)6-11(10)14-12(18)7-13(19)15(16(14)20)17(21)22/h6-7,10-11,18-20H,1,4-5H2,2-3H3,(H,21,22)/t10-,11?/m0/s1. The second-order valence-electron chi connectivity index (χ2n) is 5.89. The van der Waals surface area contributed by atoms with E-state index in [0.29, 0.717) is 0 Å². The summed E-state index contributed by atoms with van der Waals surface area (Å²) in [6.45, 7) is 7.78. The molecule has 0 spiro atoms. The number of allylic oxidation sites excluding steroid dienone is 3. The number of carboxylic acids is 1. The van der Waals surface area contributed by atoms with Crippen LogP contribution in [-0.4, -0.2) is 26.4 Å². The summed E-state index contributed by atoms with van der Waals surface area (Å²) in [6, 6.07) is 0.964. The van der Waals surface area contributed by atoms with Gasteiger partial charge >= 0.3 is 5.97 Å². The Kier molecular flexibility index (Phi) is 4.17. The van der Waals surface area contributed by atoms with E-state index in [4.69, 9.17) is 5.11 Å². The van der Waals surface area contributed by atoms with Crippen molar-refractivity contribution in [3.63, 3.8) is 0 Å². The average Bonchev–Trinajstić information content (AvgIpc) is 2.36. The van der Waals surface area contributed by atoms with Crippen LogP contribution in [0.4, 0.5) is 0 Å². The smallest absolute Gasteiger partial charge is 0.343 e. The lowest BCUT2D eigenvalue weighted by Gasteiger charge is -2.31. The Labute approximate surface area is 128 Å². The lowest BCUT2D eigenvalue weighted by atomic mass is 9.73. The number of carboxylic acid groups (broad SMARTS) is 1. The van der Waals surface area contributed by atoms with Crippen molar-refractivity contribution in [2.45, 2.75) is 32.6 Å². The number of rotatable bonds is 3. The first-order valence-corrected chi connectivity index (χ1v) is 7.07. The van der Waals surface area contributed by atoms with Gasteiger partial charge in [-0.15, -0.1) is 0 Å². The Hall–Kier alpha value is -2.43. The number of aromatic hydroxyl groups is 3. The zero-order valence-electron chi connectivity index (χ0n) is 12.6. The van der Waals surface area contributed by atoms with E-state index in [2.05, 4.69) is 6.58 Å². The first-order chi connectivity index (χ1) is 10.2. The summed E-state index contributed by atoms with van der Waals surface area (Å²) in [5, 5.41) is 39.3. The fraction of sp³-hybridized carbons (Fsp3) is 0.353. The van der Waals surface area contributed by atoms with Crippen molar-refractivity contribution >= 4 is 5.97 Å². The third-order valence-electron chi connectivity index (χ3n) is 4.22. The molecule has 0 saturated carbocycles. The average molecular weight is 304 g/mol. The molecule has 1 aromatic rings. The van der Waals surface area contributed by atoms with Gasteiger partial charge in [0.2, 0.25) is 0 Å². The number of benzene rings is 1. The highest BCUT2D eigenvalue weighted by Crippen LogP contribution is 2.48. The fourth-order valence-electron chi connectivity index (χ4n) is 3.10. The van der Waals surface area contributed by atoms with Gasteiger partial charge in [-0.2, -0.15) is 0 Å². The second-order valence-corrected chi connectivity index (χ2v) is 5.89. The van der Waals surface area contributed by atoms with Crippen LogP contribution in [0.3, 0.4) is 0 Å². The van der Waals surface area contributed by atoms with Gasteiger partial charge in [0.1, 0.15) is 22.8 Å². The van der Waals surface area contributed by atoms with Crippen molar-refractivity contribution < 1.29 is 25.2 Å². The fourth-order valence-corrected chi connectivity index (χ4v) is 3.10. The summed E-state index contributed by atoms with van der Waals surface area (Å²) in [7, 11) is 0. The van der Waals surface area contributed by atoms with E-state index in [9.17, 15) is 20.1 Å². The molecule has 1 aromatic carbocycles. The molecule has 0 fully saturated rings. The zero-order valence-corrected chi connectivity index (χ0v) is 12.6. The summed E-state index contributed by atoms with van der Waals surface area (Å²) >= 11 is 0. The molecule has 118 valence electrons. The van der Waals surface area contributed by atoms with Crippen molar-refractivity contribution in [1.29, 1.82) is 0 Å². The molecule has 1 aliphatic carbocycles. The topological polar surface area (TPSA) is 98.0 Å². The molecule has 1 aliphatic rings. The number of phenolic OH excluding ortho intramolecular Hbond substituents is 1. The SMILES string of the molecule is C=C(C)[C@@H]1CCC(C)=CC1c1c(O)cc(O)c(C(=O)O)c1O. The number of phenols is 3. The lowest BCUT2D eigenvalue weighted by molar-refractivity contribution is 0.0690. The summed E-state index contributed by atoms with van der Waals surface area (Å²) in [5.74, 6) is -3.39. The van der Waals surface area contributed by atoms with E-state index >= 15 is 0 Å². The third-order valence-corrected chi connectivity index (χ3v) is 4.22. The first kappa shape index (κ1) is 15.9. The van der Waals surface area contributed by atoms with Gasteiger partial charge < -0.3 is 20.4 Å². The van der Waals surface area contributed by atoms with Crippen LogP contribution in [0.15, 0.2) is 29.9 Å². The van der Waals surface area contributed by atoms with Crippen LogP contribution in [0.25, 0.3) is 0 Å². The molecule has 0 heterocycles. The van der Waals surface area contributed by atoms with Crippen LogP contribution in [0.1, 0.15) is 48.5 Å². The molecule has 0 aliphatic heterocycles. The van der Waals surface area contributed by atoms with E-state index in [1.54, 1.807) is 0 Å². The van der Waals surface area contributed by atoms with Crippen molar-refractivity contribution in [3.8, 4) is 17.2 Å². The highest BCUT2D eigenvalue weighted by atomic mass is 16.4. The van der Waals surface area contributed by atoms with Gasteiger partial charge in [0.15, 0.2) is 0 Å². The zero-order chi connectivity index (χ0) is 16.6. The monoisotopic (exact) mass is 304 g/mol. The maximum absolute atomic E-state index is 11.2. The summed E-state index contributed by atoms with van der Waals surface area (Å²) in [5.41, 5.74) is 1.54. The van der Waals surface area contributed by atoms with Gasteiger partial charge in [0.05, 0.1) is 0 Å². The van der Waals surface area contributed by atoms with Crippen LogP contribution in [0.5, 0.6) is 17.2 Å². The molecule has 5 heteroatoms. The molecule has 2 atom stereocenters. The van der Waals surface area contributed by atoms with Gasteiger partial charge in [-0.25, -0.2) is 4.79 Å². The number of aromatic carboxylic acids is 1. The van der Waals surface area contributed by atoms with E-state index in [1.165, 1.54) is 0 Å². The highest BCUT2D eigenvalue weighted by Gasteiger charge is 2.33. The molecule has 1 unspecified atom stereocenters. The molecular formula is C17H20O5. The third kappa shape index (κ3) is 2.66. The van der Waals surface area contributed by atoms with Crippen LogP contribution in [0, 0.1) is 5.92 Å². The van der Waals surface area contributed by atoms with Crippen molar-refractivity contribution in [2.24, 2.45) is 5.92 Å². The Bertz CT molecular complexity index is 672. The molecule has 0 amide bonds. The predicted octanol–water partition coefficient (Wildman–Crippen LogP) is 3.52. The number of carbonyl (C=O) groups is 1. The second kappa shape index (κ2) is 5.75. The summed E-state index contributed by atoms with van der Waals surface area (Å²) in [4.78, 5) is 11.2. The minimum absolute atomic E-state index is 0.00770. The van der Waals surface area contributed by atoms with Crippen molar-refractivity contribution in [1.82, 2.24) is 0 Å². The predicted molar refractivity (Wildman–Crippen MR) is 82.4 cm³/mol. The van der Waals surface area contributed by atoms with Gasteiger partial charge in [-0.1, -0.05) is 23.8 Å². The van der Waals surface area contributed by atoms with Crippen molar-refractivity contribution in [3.05, 3.63) is 41.0 Å². The molecule has 2 rings (SSSR count). The van der Waals surface area contributed by atoms with E-state index in [0.717, 1.165) is 30.1 Å². The Morgan fingerprint density at radius 2 is 1.91 bits per heavy atom. The van der Waals surface area contributed by atoms with Gasteiger partial charge in [0, 0.05) is 17.5 Å². The van der Waals surface area contributed by atoms with Gasteiger partial charge in [-0.3, -0.25) is 0 Å². The lowest BCUT2D eigenvalue weighted by Crippen LogP contribution is -2.17. The normalized spacial score (nSPS) is 21.3. The van der Waals surface area contributed by atoms with Gasteiger partial charge in [0.25, 0.3) is 0 Å². The highest BCUT2D eigenvalue weighted by molar-refractivity contribution is 5.95. The molecule has 0 bridgehead atoms. The summed E-state index contributed by atoms with van der Waals surface area (Å²) in [6.07, 6.45) is 3.62. The van der Waals surface area contributed by atoms with Crippen LogP contribution in [0.2, 0.25) is 0 Å². The molecular weight excluding hydrogens is 284 g/mol. The first-order valence-electron chi connectivity index (χ1n) is 7.07. The Morgan fingerprint density at radius 3 is 2.45 bits per heavy atom. The molecule has 0 aromatic heterocycles. The Balaban J connectivity index is 2.69. The number of hydrogen-bond acceptors (Lipinski definition) is 4. The Morgan fingerprint density at radius 1 is 1.27 bits per heavy atom. The van der Waals surface area contributed by atoms with E-state index in [1.807, 2.05) is 19.9 Å². The minimum atomic E-state index is -1.44. The maximum atomic E-state index is 11.2. The summed E-state index contributed by atoms with van der Waals surface area (Å²) < 4.78 is 0. The van der Waals surface area contributed by atoms with Gasteiger partial charge in [-0.05, 0) is 32.6 Å². The van der Waals surface area contributed by atoms with Crippen molar-refractivity contribution in [2.75, 3.05) is 0 Å². The minimum Gasteiger partial charge on any atom is -0.507 e. The number of hydrogen-bond donors (Lipinski definition) is 4.